The number of nitrogens with zero attached hydrogens (tertiary/aromatic N) is 1. The average molecular weight is 261 g/mol. The lowest BCUT2D eigenvalue weighted by atomic mass is 9.92. The fourth-order valence-corrected chi connectivity index (χ4v) is 2.39. The van der Waals surface area contributed by atoms with Crippen LogP contribution in [0.4, 0.5) is 4.39 Å². The fraction of sp³-hybridized carbons (Fsp3) is 0.308. The summed E-state index contributed by atoms with van der Waals surface area (Å²) >= 11 is 0. The lowest BCUT2D eigenvalue weighted by Crippen LogP contribution is -2.39. The van der Waals surface area contributed by atoms with E-state index in [-0.39, 0.29) is 24.1 Å². The van der Waals surface area contributed by atoms with Gasteiger partial charge in [0.1, 0.15) is 5.82 Å². The Labute approximate surface area is 108 Å². The maximum absolute atomic E-state index is 13.6. The van der Waals surface area contributed by atoms with Crippen LogP contribution in [0.25, 0.3) is 10.9 Å². The lowest BCUT2D eigenvalue weighted by molar-refractivity contribution is -0.134. The van der Waals surface area contributed by atoms with Gasteiger partial charge in [-0.05, 0) is 31.0 Å². The molecule has 0 spiro atoms. The normalized spacial score (nSPS) is 19.8. The molecule has 2 amide bonds. The largest absolute Gasteiger partial charge is 0.296 e. The first-order valence-electron chi connectivity index (χ1n) is 6.04. The molecule has 0 radical (unpaired) electrons. The summed E-state index contributed by atoms with van der Waals surface area (Å²) in [6.07, 6.45) is 0.697. The van der Waals surface area contributed by atoms with E-state index in [1.807, 2.05) is 0 Å². The molecule has 0 bridgehead atoms. The van der Waals surface area contributed by atoms with E-state index in [4.69, 9.17) is 0 Å². The number of amides is 2. The zero-order valence-corrected chi connectivity index (χ0v) is 10.3. The second-order valence-corrected chi connectivity index (χ2v) is 4.76. The van der Waals surface area contributed by atoms with Gasteiger partial charge in [0.05, 0.1) is 17.1 Å². The molecule has 3 rings (SSSR count). The minimum atomic E-state index is -0.482. The highest BCUT2D eigenvalue weighted by Gasteiger charge is 2.30. The monoisotopic (exact) mass is 261 g/mol. The predicted octanol–water partition coefficient (Wildman–Crippen LogP) is 1.53. The molecular formula is C13H12FN3O2. The van der Waals surface area contributed by atoms with Crippen molar-refractivity contribution in [3.63, 3.8) is 0 Å². The van der Waals surface area contributed by atoms with Crippen molar-refractivity contribution in [2.24, 2.45) is 0 Å². The van der Waals surface area contributed by atoms with Gasteiger partial charge in [-0.3, -0.25) is 20.0 Å². The van der Waals surface area contributed by atoms with E-state index in [9.17, 15) is 14.0 Å². The Morgan fingerprint density at radius 2 is 2.16 bits per heavy atom. The number of hydrogen-bond acceptors (Lipinski definition) is 3. The number of aromatic amines is 1. The Kier molecular flexibility index (Phi) is 2.58. The van der Waals surface area contributed by atoms with Crippen LogP contribution in [0.15, 0.2) is 12.1 Å². The molecule has 2 N–H and O–H groups in total. The van der Waals surface area contributed by atoms with Crippen molar-refractivity contribution in [1.82, 2.24) is 15.5 Å². The van der Waals surface area contributed by atoms with Crippen molar-refractivity contribution in [3.8, 4) is 0 Å². The number of H-pyrrole nitrogens is 1. The first kappa shape index (κ1) is 11.8. The van der Waals surface area contributed by atoms with Crippen molar-refractivity contribution in [2.45, 2.75) is 25.7 Å². The first-order valence-corrected chi connectivity index (χ1v) is 6.04. The van der Waals surface area contributed by atoms with Crippen LogP contribution in [-0.2, 0) is 9.59 Å². The number of aryl methyl sites for hydroxylation is 1. The third-order valence-corrected chi connectivity index (χ3v) is 3.45. The van der Waals surface area contributed by atoms with E-state index in [2.05, 4.69) is 15.5 Å². The Hall–Kier alpha value is -2.24. The third kappa shape index (κ3) is 1.89. The van der Waals surface area contributed by atoms with Crippen molar-refractivity contribution < 1.29 is 14.0 Å². The first-order chi connectivity index (χ1) is 9.06. The van der Waals surface area contributed by atoms with Gasteiger partial charge in [0, 0.05) is 11.8 Å². The van der Waals surface area contributed by atoms with Crippen LogP contribution in [-0.4, -0.2) is 22.0 Å². The second-order valence-electron chi connectivity index (χ2n) is 4.76. The molecule has 1 saturated heterocycles. The number of benzene rings is 1. The number of nitrogens with one attached hydrogen (secondary N) is 2. The molecule has 6 heteroatoms. The van der Waals surface area contributed by atoms with Crippen molar-refractivity contribution in [3.05, 3.63) is 29.2 Å². The molecular weight excluding hydrogens is 249 g/mol. The van der Waals surface area contributed by atoms with E-state index in [0.717, 1.165) is 0 Å². The highest BCUT2D eigenvalue weighted by Crippen LogP contribution is 2.30. The molecule has 1 aliphatic rings. The number of halogens is 1. The molecule has 1 fully saturated rings. The van der Waals surface area contributed by atoms with E-state index in [0.29, 0.717) is 28.6 Å². The average Bonchev–Trinajstić information content (AvgIpc) is 2.73. The molecule has 19 heavy (non-hydrogen) atoms. The summed E-state index contributed by atoms with van der Waals surface area (Å²) in [5.41, 5.74) is 1.70. The van der Waals surface area contributed by atoms with E-state index in [1.165, 1.54) is 6.07 Å². The Morgan fingerprint density at radius 1 is 1.37 bits per heavy atom. The number of rotatable bonds is 1. The molecule has 1 atom stereocenters. The van der Waals surface area contributed by atoms with Crippen LogP contribution in [0.2, 0.25) is 0 Å². The zero-order chi connectivity index (χ0) is 13.6. The van der Waals surface area contributed by atoms with Gasteiger partial charge in [-0.1, -0.05) is 0 Å². The molecule has 2 heterocycles. The van der Waals surface area contributed by atoms with Gasteiger partial charge in [-0.2, -0.15) is 5.10 Å². The summed E-state index contributed by atoms with van der Waals surface area (Å²) in [6, 6.07) is 3.02. The quantitative estimate of drug-likeness (QED) is 0.764. The Bertz CT molecular complexity index is 692. The number of fused-ring (bicyclic) bond motifs is 1. The Balaban J connectivity index is 2.08. The fourth-order valence-electron chi connectivity index (χ4n) is 2.39. The van der Waals surface area contributed by atoms with Crippen molar-refractivity contribution in [1.29, 1.82) is 0 Å². The van der Waals surface area contributed by atoms with E-state index in [1.54, 1.807) is 13.0 Å². The molecule has 0 aliphatic carbocycles. The number of hydrogen-bond donors (Lipinski definition) is 2. The SMILES string of the molecule is Cc1cc2n[nH]c([C@@H]3CCC(=O)NC3=O)c2cc1F. The van der Waals surface area contributed by atoms with Crippen LogP contribution in [0.5, 0.6) is 0 Å². The van der Waals surface area contributed by atoms with Gasteiger partial charge >= 0.3 is 0 Å². The summed E-state index contributed by atoms with van der Waals surface area (Å²) < 4.78 is 13.6. The number of piperidine rings is 1. The maximum atomic E-state index is 13.6. The van der Waals surface area contributed by atoms with Crippen LogP contribution in [0, 0.1) is 12.7 Å². The van der Waals surface area contributed by atoms with E-state index < -0.39 is 5.92 Å². The van der Waals surface area contributed by atoms with Crippen molar-refractivity contribution in [2.75, 3.05) is 0 Å². The summed E-state index contributed by atoms with van der Waals surface area (Å²) in [6.45, 7) is 1.66. The number of carbonyl (C=O) groups excluding carboxylic acids is 2. The van der Waals surface area contributed by atoms with Crippen LogP contribution < -0.4 is 5.32 Å². The van der Waals surface area contributed by atoms with Gasteiger partial charge in [0.15, 0.2) is 0 Å². The molecule has 0 unspecified atom stereocenters. The molecule has 98 valence electrons. The summed E-state index contributed by atoms with van der Waals surface area (Å²) in [5, 5.41) is 9.77. The maximum Gasteiger partial charge on any atom is 0.235 e. The van der Waals surface area contributed by atoms with E-state index >= 15 is 0 Å². The highest BCUT2D eigenvalue weighted by atomic mass is 19.1. The highest BCUT2D eigenvalue weighted by molar-refractivity contribution is 6.02. The molecule has 1 aromatic carbocycles. The Morgan fingerprint density at radius 3 is 2.89 bits per heavy atom. The van der Waals surface area contributed by atoms with Gasteiger partial charge in [0.2, 0.25) is 11.8 Å². The van der Waals surface area contributed by atoms with Gasteiger partial charge in [0.25, 0.3) is 0 Å². The topological polar surface area (TPSA) is 74.8 Å². The smallest absolute Gasteiger partial charge is 0.235 e. The molecule has 5 nitrogen and oxygen atoms in total. The summed E-state index contributed by atoms with van der Waals surface area (Å²) in [5.74, 6) is -1.44. The molecule has 0 saturated carbocycles. The third-order valence-electron chi connectivity index (χ3n) is 3.45. The van der Waals surface area contributed by atoms with Crippen molar-refractivity contribution >= 4 is 22.7 Å². The summed E-state index contributed by atoms with van der Waals surface area (Å²) in [4.78, 5) is 23.0. The minimum absolute atomic E-state index is 0.271. The van der Waals surface area contributed by atoms with Gasteiger partial charge < -0.3 is 0 Å². The van der Waals surface area contributed by atoms with Crippen LogP contribution in [0.3, 0.4) is 0 Å². The number of imide groups is 1. The second kappa shape index (κ2) is 4.15. The lowest BCUT2D eigenvalue weighted by Gasteiger charge is -2.19. The number of aromatic nitrogens is 2. The summed E-state index contributed by atoms with van der Waals surface area (Å²) in [7, 11) is 0. The minimum Gasteiger partial charge on any atom is -0.296 e. The molecule has 2 aromatic rings. The number of carbonyl (C=O) groups is 2. The zero-order valence-electron chi connectivity index (χ0n) is 10.3. The molecule has 1 aromatic heterocycles. The van der Waals surface area contributed by atoms with Gasteiger partial charge in [-0.15, -0.1) is 0 Å². The predicted molar refractivity (Wildman–Crippen MR) is 65.9 cm³/mol. The van der Waals surface area contributed by atoms with Gasteiger partial charge in [-0.25, -0.2) is 4.39 Å². The van der Waals surface area contributed by atoms with Crippen LogP contribution in [0.1, 0.15) is 30.0 Å². The standard InChI is InChI=1S/C13H12FN3O2/c1-6-4-10-8(5-9(6)14)12(17-16-10)7-2-3-11(18)15-13(7)19/h4-5,7H,2-3H2,1H3,(H,16,17)(H,15,18,19)/t7-/m0/s1. The molecule has 1 aliphatic heterocycles. The van der Waals surface area contributed by atoms with Crippen LogP contribution >= 0.6 is 0 Å².